The van der Waals surface area contributed by atoms with Crippen LogP contribution in [0, 0.1) is 0 Å². The molecule has 0 aromatic carbocycles. The van der Waals surface area contributed by atoms with E-state index in [0.717, 1.165) is 70.6 Å². The number of pyridine rings is 1. The monoisotopic (exact) mass is 501 g/mol. The van der Waals surface area contributed by atoms with Crippen LogP contribution >= 0.6 is 24.0 Å². The van der Waals surface area contributed by atoms with E-state index < -0.39 is 0 Å². The first kappa shape index (κ1) is 21.6. The Kier molecular flexibility index (Phi) is 8.16. The van der Waals surface area contributed by atoms with E-state index in [4.69, 9.17) is 9.47 Å². The quantitative estimate of drug-likeness (QED) is 0.388. The van der Waals surface area contributed by atoms with Crippen molar-refractivity contribution in [3.8, 4) is 0 Å². The standard InChI is InChI=1S/C20H31N5O2.HI/c1-21-20(25-10-12-27-18(15-25)17-5-4-11-26-17)23-14-16-6-7-19(22-13-16)24-8-2-3-9-24;/h6-7,13,17-18H,2-5,8-12,14-15H2,1H3,(H,21,23);1H. The first-order chi connectivity index (χ1) is 13.3. The zero-order valence-electron chi connectivity index (χ0n) is 16.7. The second kappa shape index (κ2) is 10.6. The van der Waals surface area contributed by atoms with Crippen LogP contribution in [-0.2, 0) is 16.0 Å². The van der Waals surface area contributed by atoms with Crippen molar-refractivity contribution in [2.24, 2.45) is 4.99 Å². The molecule has 3 fully saturated rings. The molecule has 1 N–H and O–H groups in total. The lowest BCUT2D eigenvalue weighted by Gasteiger charge is -2.37. The SMILES string of the molecule is CN=C(NCc1ccc(N2CCCC2)nc1)N1CCOC(C2CCCO2)C1.I. The van der Waals surface area contributed by atoms with Crippen LogP contribution in [0.15, 0.2) is 23.3 Å². The van der Waals surface area contributed by atoms with E-state index in [2.05, 4.69) is 37.2 Å². The fourth-order valence-corrected chi connectivity index (χ4v) is 4.16. The fraction of sp³-hybridized carbons (Fsp3) is 0.700. The van der Waals surface area contributed by atoms with Crippen LogP contribution in [0.4, 0.5) is 5.82 Å². The van der Waals surface area contributed by atoms with E-state index in [1.165, 1.54) is 18.4 Å². The van der Waals surface area contributed by atoms with Crippen molar-refractivity contribution in [2.45, 2.75) is 44.4 Å². The van der Waals surface area contributed by atoms with Crippen molar-refractivity contribution in [3.05, 3.63) is 23.9 Å². The number of rotatable bonds is 4. The summed E-state index contributed by atoms with van der Waals surface area (Å²) in [6, 6.07) is 4.29. The molecule has 1 aromatic rings. The molecule has 1 aromatic heterocycles. The number of nitrogens with one attached hydrogen (secondary N) is 1. The van der Waals surface area contributed by atoms with Crippen LogP contribution in [-0.4, -0.2) is 74.5 Å². The molecule has 2 unspecified atom stereocenters. The lowest BCUT2D eigenvalue weighted by Crippen LogP contribution is -2.53. The van der Waals surface area contributed by atoms with Crippen molar-refractivity contribution >= 4 is 35.8 Å². The summed E-state index contributed by atoms with van der Waals surface area (Å²) < 4.78 is 11.8. The Morgan fingerprint density at radius 3 is 2.64 bits per heavy atom. The Morgan fingerprint density at radius 2 is 1.96 bits per heavy atom. The molecule has 156 valence electrons. The molecule has 3 aliphatic heterocycles. The number of hydrogen-bond acceptors (Lipinski definition) is 5. The van der Waals surface area contributed by atoms with Gasteiger partial charge in [-0.15, -0.1) is 24.0 Å². The largest absolute Gasteiger partial charge is 0.375 e. The number of nitrogens with zero attached hydrogens (tertiary/aromatic N) is 4. The Balaban J connectivity index is 0.00000225. The molecule has 0 amide bonds. The first-order valence-corrected chi connectivity index (χ1v) is 10.2. The van der Waals surface area contributed by atoms with E-state index >= 15 is 0 Å². The molecule has 3 aliphatic rings. The van der Waals surface area contributed by atoms with Gasteiger partial charge in [0.05, 0.1) is 12.7 Å². The van der Waals surface area contributed by atoms with Crippen LogP contribution < -0.4 is 10.2 Å². The first-order valence-electron chi connectivity index (χ1n) is 10.2. The average molecular weight is 501 g/mol. The molecule has 28 heavy (non-hydrogen) atoms. The van der Waals surface area contributed by atoms with Gasteiger partial charge in [0.2, 0.25) is 0 Å². The topological polar surface area (TPSA) is 62.2 Å². The zero-order valence-corrected chi connectivity index (χ0v) is 19.0. The normalized spacial score (nSPS) is 25.7. The molecule has 8 heteroatoms. The summed E-state index contributed by atoms with van der Waals surface area (Å²) in [6.07, 6.45) is 7.12. The molecule has 4 rings (SSSR count). The van der Waals surface area contributed by atoms with Gasteiger partial charge < -0.3 is 24.6 Å². The van der Waals surface area contributed by atoms with Gasteiger partial charge in [0, 0.05) is 52.6 Å². The Hall–Kier alpha value is -1.13. The maximum Gasteiger partial charge on any atom is 0.194 e. The van der Waals surface area contributed by atoms with E-state index in [-0.39, 0.29) is 36.2 Å². The lowest BCUT2D eigenvalue weighted by atomic mass is 10.1. The molecule has 0 bridgehead atoms. The molecule has 0 aliphatic carbocycles. The van der Waals surface area contributed by atoms with Crippen molar-refractivity contribution < 1.29 is 9.47 Å². The van der Waals surface area contributed by atoms with E-state index in [1.54, 1.807) is 0 Å². The third-order valence-electron chi connectivity index (χ3n) is 5.67. The summed E-state index contributed by atoms with van der Waals surface area (Å²) in [6.45, 7) is 6.24. The third-order valence-corrected chi connectivity index (χ3v) is 5.67. The molecule has 3 saturated heterocycles. The van der Waals surface area contributed by atoms with Gasteiger partial charge in [-0.05, 0) is 37.3 Å². The maximum absolute atomic E-state index is 5.95. The van der Waals surface area contributed by atoms with Gasteiger partial charge in [0.25, 0.3) is 0 Å². The van der Waals surface area contributed by atoms with Crippen LogP contribution in [0.1, 0.15) is 31.2 Å². The molecular weight excluding hydrogens is 469 g/mol. The van der Waals surface area contributed by atoms with Crippen LogP contribution in [0.25, 0.3) is 0 Å². The number of guanidine groups is 1. The van der Waals surface area contributed by atoms with Crippen molar-refractivity contribution in [3.63, 3.8) is 0 Å². The van der Waals surface area contributed by atoms with Gasteiger partial charge in [-0.2, -0.15) is 0 Å². The average Bonchev–Trinajstić information content (AvgIpc) is 3.43. The molecule has 0 saturated carbocycles. The maximum atomic E-state index is 5.95. The number of hydrogen-bond donors (Lipinski definition) is 1. The van der Waals surface area contributed by atoms with Crippen molar-refractivity contribution in [1.29, 1.82) is 0 Å². The van der Waals surface area contributed by atoms with E-state index in [1.807, 2.05) is 13.2 Å². The van der Waals surface area contributed by atoms with Gasteiger partial charge in [0.15, 0.2) is 5.96 Å². The van der Waals surface area contributed by atoms with Crippen LogP contribution in [0.3, 0.4) is 0 Å². The fourth-order valence-electron chi connectivity index (χ4n) is 4.16. The van der Waals surface area contributed by atoms with E-state index in [0.29, 0.717) is 0 Å². The number of aromatic nitrogens is 1. The lowest BCUT2D eigenvalue weighted by molar-refractivity contribution is -0.0817. The highest BCUT2D eigenvalue weighted by atomic mass is 127. The Labute approximate surface area is 184 Å². The van der Waals surface area contributed by atoms with E-state index in [9.17, 15) is 0 Å². The predicted molar refractivity (Wildman–Crippen MR) is 122 cm³/mol. The minimum absolute atomic E-state index is 0. The number of anilines is 1. The van der Waals surface area contributed by atoms with Crippen molar-refractivity contribution in [2.75, 3.05) is 51.3 Å². The smallest absolute Gasteiger partial charge is 0.194 e. The minimum atomic E-state index is 0. The molecule has 4 heterocycles. The van der Waals surface area contributed by atoms with Crippen LogP contribution in [0.2, 0.25) is 0 Å². The second-order valence-electron chi connectivity index (χ2n) is 7.53. The number of halogens is 1. The summed E-state index contributed by atoms with van der Waals surface area (Å²) >= 11 is 0. The van der Waals surface area contributed by atoms with Gasteiger partial charge in [0.1, 0.15) is 11.9 Å². The van der Waals surface area contributed by atoms with Gasteiger partial charge >= 0.3 is 0 Å². The second-order valence-corrected chi connectivity index (χ2v) is 7.53. The minimum Gasteiger partial charge on any atom is -0.375 e. The summed E-state index contributed by atoms with van der Waals surface area (Å²) in [5.74, 6) is 2.01. The van der Waals surface area contributed by atoms with Gasteiger partial charge in [-0.3, -0.25) is 4.99 Å². The number of aliphatic imine (C=N–C) groups is 1. The number of morpholine rings is 1. The van der Waals surface area contributed by atoms with Crippen molar-refractivity contribution in [1.82, 2.24) is 15.2 Å². The molecule has 0 radical (unpaired) electrons. The zero-order chi connectivity index (χ0) is 18.5. The van der Waals surface area contributed by atoms with Gasteiger partial charge in [-0.1, -0.05) is 6.07 Å². The summed E-state index contributed by atoms with van der Waals surface area (Å²) in [5.41, 5.74) is 1.17. The highest BCUT2D eigenvalue weighted by molar-refractivity contribution is 14.0. The van der Waals surface area contributed by atoms with Gasteiger partial charge in [-0.25, -0.2) is 4.98 Å². The third kappa shape index (κ3) is 5.27. The summed E-state index contributed by atoms with van der Waals surface area (Å²) in [7, 11) is 1.84. The summed E-state index contributed by atoms with van der Waals surface area (Å²) in [4.78, 5) is 13.7. The predicted octanol–water partition coefficient (Wildman–Crippen LogP) is 2.26. The molecular formula is C20H32IN5O2. The highest BCUT2D eigenvalue weighted by Crippen LogP contribution is 2.21. The molecule has 2 atom stereocenters. The molecule has 7 nitrogen and oxygen atoms in total. The number of ether oxygens (including phenoxy) is 2. The molecule has 0 spiro atoms. The summed E-state index contributed by atoms with van der Waals surface area (Å²) in [5, 5.41) is 3.48. The van der Waals surface area contributed by atoms with Crippen LogP contribution in [0.5, 0.6) is 0 Å². The highest BCUT2D eigenvalue weighted by Gasteiger charge is 2.32. The Bertz CT molecular complexity index is 630. The Morgan fingerprint density at radius 1 is 1.14 bits per heavy atom.